The van der Waals surface area contributed by atoms with E-state index >= 15 is 0 Å². The zero-order valence-electron chi connectivity index (χ0n) is 11.4. The quantitative estimate of drug-likeness (QED) is 0.512. The van der Waals surface area contributed by atoms with Crippen molar-refractivity contribution in [3.8, 4) is 17.2 Å². The highest BCUT2D eigenvalue weighted by molar-refractivity contribution is 6.00. The van der Waals surface area contributed by atoms with Gasteiger partial charge in [0.2, 0.25) is 0 Å². The van der Waals surface area contributed by atoms with Gasteiger partial charge in [0.1, 0.15) is 17.2 Å². The molecule has 0 radical (unpaired) electrons. The van der Waals surface area contributed by atoms with Gasteiger partial charge in [0.15, 0.2) is 5.78 Å². The van der Waals surface area contributed by atoms with Crippen molar-refractivity contribution in [1.82, 2.24) is 0 Å². The summed E-state index contributed by atoms with van der Waals surface area (Å²) in [7, 11) is 0. The van der Waals surface area contributed by atoms with Gasteiger partial charge < -0.3 is 14.9 Å². The Morgan fingerprint density at radius 3 is 2.48 bits per heavy atom. The van der Waals surface area contributed by atoms with Crippen molar-refractivity contribution < 1.29 is 24.5 Å². The third kappa shape index (κ3) is 3.82. The lowest BCUT2D eigenvalue weighted by molar-refractivity contribution is -0.131. The molecule has 0 bridgehead atoms. The van der Waals surface area contributed by atoms with Crippen LogP contribution in [0, 0.1) is 0 Å². The van der Waals surface area contributed by atoms with E-state index in [2.05, 4.69) is 0 Å². The number of esters is 1. The number of aromatic hydroxyl groups is 2. The van der Waals surface area contributed by atoms with Crippen molar-refractivity contribution in [2.45, 2.75) is 13.3 Å². The third-order valence-corrected chi connectivity index (χ3v) is 2.81. The zero-order chi connectivity index (χ0) is 15.4. The SMILES string of the molecule is CC(=O)Oc1ccc(C(=O)Cc2cccc(O)c2)c(O)c1. The number of phenolic OH excluding ortho intramolecular Hbond substituents is 2. The van der Waals surface area contributed by atoms with Gasteiger partial charge in [0.25, 0.3) is 0 Å². The minimum Gasteiger partial charge on any atom is -0.508 e. The lowest BCUT2D eigenvalue weighted by Gasteiger charge is -2.07. The predicted molar refractivity (Wildman–Crippen MR) is 75.6 cm³/mol. The summed E-state index contributed by atoms with van der Waals surface area (Å²) in [4.78, 5) is 23.0. The molecule has 0 fully saturated rings. The van der Waals surface area contributed by atoms with E-state index in [1.807, 2.05) is 0 Å². The predicted octanol–water partition coefficient (Wildman–Crippen LogP) is 2.45. The molecule has 5 heteroatoms. The summed E-state index contributed by atoms with van der Waals surface area (Å²) in [6, 6.07) is 10.4. The fraction of sp³-hybridized carbons (Fsp3) is 0.125. The number of ketones is 1. The van der Waals surface area contributed by atoms with E-state index in [-0.39, 0.29) is 35.0 Å². The Morgan fingerprint density at radius 2 is 1.86 bits per heavy atom. The number of phenols is 2. The minimum absolute atomic E-state index is 0.0505. The van der Waals surface area contributed by atoms with Crippen LogP contribution in [0.3, 0.4) is 0 Å². The molecule has 0 unspecified atom stereocenters. The Labute approximate surface area is 121 Å². The van der Waals surface area contributed by atoms with Crippen LogP contribution in [0.25, 0.3) is 0 Å². The van der Waals surface area contributed by atoms with Gasteiger partial charge in [-0.2, -0.15) is 0 Å². The number of ether oxygens (including phenoxy) is 1. The van der Waals surface area contributed by atoms with Crippen LogP contribution in [0.4, 0.5) is 0 Å². The molecule has 21 heavy (non-hydrogen) atoms. The van der Waals surface area contributed by atoms with E-state index in [4.69, 9.17) is 4.74 Å². The Balaban J connectivity index is 2.17. The van der Waals surface area contributed by atoms with E-state index in [0.29, 0.717) is 5.56 Å². The van der Waals surface area contributed by atoms with E-state index in [1.165, 1.54) is 37.3 Å². The fourth-order valence-electron chi connectivity index (χ4n) is 1.92. The molecular formula is C16H14O5. The fourth-order valence-corrected chi connectivity index (χ4v) is 1.92. The highest BCUT2D eigenvalue weighted by Crippen LogP contribution is 2.25. The average molecular weight is 286 g/mol. The molecule has 2 rings (SSSR count). The Morgan fingerprint density at radius 1 is 1.10 bits per heavy atom. The van der Waals surface area contributed by atoms with Crippen molar-refractivity contribution in [3.63, 3.8) is 0 Å². The van der Waals surface area contributed by atoms with E-state index in [9.17, 15) is 19.8 Å². The van der Waals surface area contributed by atoms with Gasteiger partial charge in [-0.15, -0.1) is 0 Å². The summed E-state index contributed by atoms with van der Waals surface area (Å²) < 4.78 is 4.82. The van der Waals surface area contributed by atoms with Gasteiger partial charge >= 0.3 is 5.97 Å². The van der Waals surface area contributed by atoms with Gasteiger partial charge in [0, 0.05) is 19.4 Å². The van der Waals surface area contributed by atoms with Crippen molar-refractivity contribution >= 4 is 11.8 Å². The van der Waals surface area contributed by atoms with Crippen LogP contribution in [-0.2, 0) is 11.2 Å². The molecule has 0 heterocycles. The summed E-state index contributed by atoms with van der Waals surface area (Å²) in [5.41, 5.74) is 0.776. The molecule has 0 aliphatic heterocycles. The molecule has 5 nitrogen and oxygen atoms in total. The zero-order valence-corrected chi connectivity index (χ0v) is 11.4. The Bertz CT molecular complexity index is 691. The lowest BCUT2D eigenvalue weighted by atomic mass is 10.0. The number of carbonyl (C=O) groups excluding carboxylic acids is 2. The van der Waals surface area contributed by atoms with Crippen LogP contribution in [0.15, 0.2) is 42.5 Å². The van der Waals surface area contributed by atoms with Gasteiger partial charge in [-0.1, -0.05) is 12.1 Å². The molecule has 0 aliphatic rings. The first kappa shape index (κ1) is 14.6. The molecule has 0 atom stereocenters. The normalized spacial score (nSPS) is 10.1. The maximum absolute atomic E-state index is 12.1. The second kappa shape index (κ2) is 6.09. The number of benzene rings is 2. The molecule has 2 aromatic rings. The topological polar surface area (TPSA) is 83.8 Å². The highest BCUT2D eigenvalue weighted by atomic mass is 16.5. The van der Waals surface area contributed by atoms with E-state index in [1.54, 1.807) is 12.1 Å². The molecule has 0 aromatic heterocycles. The molecule has 0 spiro atoms. The van der Waals surface area contributed by atoms with Crippen LogP contribution in [0.5, 0.6) is 17.2 Å². The number of rotatable bonds is 4. The summed E-state index contributed by atoms with van der Waals surface area (Å²) in [6.45, 7) is 1.25. The highest BCUT2D eigenvalue weighted by Gasteiger charge is 2.13. The van der Waals surface area contributed by atoms with Crippen molar-refractivity contribution in [3.05, 3.63) is 53.6 Å². The average Bonchev–Trinajstić information content (AvgIpc) is 2.37. The summed E-state index contributed by atoms with van der Waals surface area (Å²) in [6.07, 6.45) is 0.0505. The second-order valence-corrected chi connectivity index (χ2v) is 4.54. The van der Waals surface area contributed by atoms with Crippen molar-refractivity contribution in [2.75, 3.05) is 0 Å². The first-order valence-corrected chi connectivity index (χ1v) is 6.28. The number of hydrogen-bond donors (Lipinski definition) is 2. The Kier molecular flexibility index (Phi) is 4.23. The Hall–Kier alpha value is -2.82. The van der Waals surface area contributed by atoms with E-state index in [0.717, 1.165) is 0 Å². The maximum Gasteiger partial charge on any atom is 0.308 e. The molecular weight excluding hydrogens is 272 g/mol. The first-order valence-electron chi connectivity index (χ1n) is 6.28. The van der Waals surface area contributed by atoms with Crippen LogP contribution >= 0.6 is 0 Å². The first-order chi connectivity index (χ1) is 9.95. The molecule has 108 valence electrons. The van der Waals surface area contributed by atoms with E-state index < -0.39 is 5.97 Å². The van der Waals surface area contributed by atoms with Gasteiger partial charge in [-0.05, 0) is 29.8 Å². The lowest BCUT2D eigenvalue weighted by Crippen LogP contribution is -2.05. The molecule has 0 aliphatic carbocycles. The third-order valence-electron chi connectivity index (χ3n) is 2.81. The van der Waals surface area contributed by atoms with Crippen molar-refractivity contribution in [1.29, 1.82) is 0 Å². The molecule has 2 N–H and O–H groups in total. The maximum atomic E-state index is 12.1. The number of hydrogen-bond acceptors (Lipinski definition) is 5. The summed E-state index contributed by atoms with van der Waals surface area (Å²) >= 11 is 0. The van der Waals surface area contributed by atoms with Crippen LogP contribution < -0.4 is 4.74 Å². The molecule has 0 amide bonds. The monoisotopic (exact) mass is 286 g/mol. The van der Waals surface area contributed by atoms with Gasteiger partial charge in [-0.3, -0.25) is 9.59 Å². The van der Waals surface area contributed by atoms with Crippen LogP contribution in [-0.4, -0.2) is 22.0 Å². The smallest absolute Gasteiger partial charge is 0.308 e. The molecule has 0 saturated carbocycles. The second-order valence-electron chi connectivity index (χ2n) is 4.54. The summed E-state index contributed by atoms with van der Waals surface area (Å²) in [5, 5.41) is 19.2. The minimum atomic E-state index is -0.506. The van der Waals surface area contributed by atoms with Crippen molar-refractivity contribution in [2.24, 2.45) is 0 Å². The molecule has 0 saturated heterocycles. The standard InChI is InChI=1S/C16H14O5/c1-10(17)21-13-5-6-14(16(20)9-13)15(19)8-11-3-2-4-12(18)7-11/h2-7,9,18,20H,8H2,1H3. The van der Waals surface area contributed by atoms with Crippen LogP contribution in [0.2, 0.25) is 0 Å². The largest absolute Gasteiger partial charge is 0.508 e. The summed E-state index contributed by atoms with van der Waals surface area (Å²) in [5.74, 6) is -0.803. The van der Waals surface area contributed by atoms with Gasteiger partial charge in [0.05, 0.1) is 5.56 Å². The number of carbonyl (C=O) groups is 2. The van der Waals surface area contributed by atoms with Gasteiger partial charge in [-0.25, -0.2) is 0 Å². The molecule has 2 aromatic carbocycles. The number of Topliss-reactive ketones (excluding diaryl/α,β-unsaturated/α-hetero) is 1. The van der Waals surface area contributed by atoms with Crippen LogP contribution in [0.1, 0.15) is 22.8 Å².